The quantitative estimate of drug-likeness (QED) is 0.438. The lowest BCUT2D eigenvalue weighted by Gasteiger charge is -2.12. The first kappa shape index (κ1) is 29.7. The summed E-state index contributed by atoms with van der Waals surface area (Å²) in [6.45, 7) is 21.2. The van der Waals surface area contributed by atoms with Crippen molar-refractivity contribution in [2.75, 3.05) is 25.5 Å². The van der Waals surface area contributed by atoms with E-state index < -0.39 is 0 Å². The van der Waals surface area contributed by atoms with Crippen molar-refractivity contribution in [3.05, 3.63) is 82.4 Å². The summed E-state index contributed by atoms with van der Waals surface area (Å²) in [5.74, 6) is 0.604. The van der Waals surface area contributed by atoms with Crippen molar-refractivity contribution < 1.29 is 0 Å². The molecule has 1 N–H and O–H groups in total. The molecular weight excluding hydrogens is 388 g/mol. The number of hydrogen-bond acceptors (Lipinski definition) is 2. The van der Waals surface area contributed by atoms with Gasteiger partial charge in [-0.1, -0.05) is 88.2 Å². The molecule has 2 rings (SSSR count). The van der Waals surface area contributed by atoms with E-state index in [0.717, 1.165) is 13.1 Å². The Kier molecular flexibility index (Phi) is 15.1. The maximum Gasteiger partial charge on any atom is 0.0361 e. The Morgan fingerprint density at radius 3 is 1.81 bits per heavy atom. The van der Waals surface area contributed by atoms with E-state index >= 15 is 0 Å². The van der Waals surface area contributed by atoms with Crippen molar-refractivity contribution >= 4 is 11.3 Å². The van der Waals surface area contributed by atoms with Crippen LogP contribution in [0.5, 0.6) is 0 Å². The minimum Gasteiger partial charge on any atom is -0.378 e. The molecule has 0 aliphatic rings. The highest BCUT2D eigenvalue weighted by molar-refractivity contribution is 5.66. The molecule has 0 atom stereocenters. The average molecular weight is 437 g/mol. The first-order valence-electron chi connectivity index (χ1n) is 12.0. The van der Waals surface area contributed by atoms with Crippen molar-refractivity contribution in [1.82, 2.24) is 5.32 Å². The zero-order valence-corrected chi connectivity index (χ0v) is 22.6. The van der Waals surface area contributed by atoms with Gasteiger partial charge in [0.15, 0.2) is 0 Å². The lowest BCUT2D eigenvalue weighted by Crippen LogP contribution is -2.12. The minimum absolute atomic E-state index is 0.604. The van der Waals surface area contributed by atoms with Gasteiger partial charge in [-0.05, 0) is 74.6 Å². The molecule has 0 saturated carbocycles. The lowest BCUT2D eigenvalue weighted by molar-refractivity contribution is 0.727. The molecule has 178 valence electrons. The maximum absolute atomic E-state index is 3.30. The summed E-state index contributed by atoms with van der Waals surface area (Å²) in [5, 5.41) is 3.30. The van der Waals surface area contributed by atoms with Gasteiger partial charge < -0.3 is 10.2 Å². The molecule has 0 spiro atoms. The van der Waals surface area contributed by atoms with E-state index in [2.05, 4.69) is 127 Å². The van der Waals surface area contributed by atoms with Crippen LogP contribution >= 0.6 is 0 Å². The van der Waals surface area contributed by atoms with Crippen LogP contribution < -0.4 is 10.2 Å². The van der Waals surface area contributed by atoms with Gasteiger partial charge in [-0.25, -0.2) is 0 Å². The second-order valence-corrected chi connectivity index (χ2v) is 8.63. The normalized spacial score (nSPS) is 10.6. The predicted octanol–water partition coefficient (Wildman–Crippen LogP) is 8.46. The number of hydrogen-bond donors (Lipinski definition) is 1. The van der Waals surface area contributed by atoms with Gasteiger partial charge in [-0.15, -0.1) is 0 Å². The van der Waals surface area contributed by atoms with E-state index in [1.807, 2.05) is 13.8 Å². The highest BCUT2D eigenvalue weighted by atomic mass is 15.1. The average Bonchev–Trinajstić information content (AvgIpc) is 2.79. The molecule has 2 nitrogen and oxygen atoms in total. The Hall–Kier alpha value is -2.32. The number of nitrogens with zero attached hydrogens (tertiary/aromatic N) is 1. The van der Waals surface area contributed by atoms with E-state index in [1.54, 1.807) is 0 Å². The van der Waals surface area contributed by atoms with E-state index in [0.29, 0.717) is 5.92 Å². The van der Waals surface area contributed by atoms with Gasteiger partial charge in [0.25, 0.3) is 0 Å². The Morgan fingerprint density at radius 1 is 0.875 bits per heavy atom. The number of allylic oxidation sites excluding steroid dienone is 4. The zero-order valence-electron chi connectivity index (χ0n) is 22.6. The van der Waals surface area contributed by atoms with Crippen molar-refractivity contribution in [3.8, 4) is 0 Å². The van der Waals surface area contributed by atoms with Crippen LogP contribution in [0.1, 0.15) is 84.9 Å². The summed E-state index contributed by atoms with van der Waals surface area (Å²) in [7, 11) is 4.11. The predicted molar refractivity (Wildman–Crippen MR) is 148 cm³/mol. The van der Waals surface area contributed by atoms with Gasteiger partial charge in [0.2, 0.25) is 0 Å². The van der Waals surface area contributed by atoms with Gasteiger partial charge in [-0.3, -0.25) is 0 Å². The van der Waals surface area contributed by atoms with Crippen LogP contribution in [0, 0.1) is 0 Å². The molecule has 0 aromatic heterocycles. The zero-order chi connectivity index (χ0) is 24.7. The molecule has 2 aromatic carbocycles. The van der Waals surface area contributed by atoms with Gasteiger partial charge in [0.1, 0.15) is 0 Å². The summed E-state index contributed by atoms with van der Waals surface area (Å²) < 4.78 is 0. The van der Waals surface area contributed by atoms with E-state index in [4.69, 9.17) is 0 Å². The molecule has 0 radical (unpaired) electrons. The Morgan fingerprint density at radius 2 is 1.41 bits per heavy atom. The van der Waals surface area contributed by atoms with Crippen LogP contribution in [0.2, 0.25) is 0 Å². The van der Waals surface area contributed by atoms with Gasteiger partial charge in [0, 0.05) is 26.3 Å². The Labute approximate surface area is 199 Å². The second-order valence-electron chi connectivity index (χ2n) is 8.63. The third kappa shape index (κ3) is 11.3. The van der Waals surface area contributed by atoms with Gasteiger partial charge >= 0.3 is 0 Å². The largest absolute Gasteiger partial charge is 0.378 e. The Bertz CT molecular complexity index is 803. The summed E-state index contributed by atoms with van der Waals surface area (Å²) in [5.41, 5.74) is 9.38. The monoisotopic (exact) mass is 436 g/mol. The molecule has 2 aromatic rings. The fourth-order valence-electron chi connectivity index (χ4n) is 2.86. The molecule has 0 heterocycles. The molecule has 2 heteroatoms. The molecule has 0 fully saturated rings. The van der Waals surface area contributed by atoms with Crippen LogP contribution in [0.4, 0.5) is 5.69 Å². The Balaban J connectivity index is 0.000000574. The smallest absolute Gasteiger partial charge is 0.0361 e. The molecular formula is C30H48N2. The minimum atomic E-state index is 0.604. The van der Waals surface area contributed by atoms with E-state index in [-0.39, 0.29) is 0 Å². The molecule has 0 bridgehead atoms. The fraction of sp³-hybridized carbons (Fsp3) is 0.467. The SMILES string of the molecule is CC.CC(C)=C(C)/C=C(\C)c1ccc(C(C)C)cc1.CCNCc1ccc(N(C)C)cc1. The standard InChI is InChI=1S/C17H24.C11H18N2.C2H6/c1-12(2)14(5)11-15(6)17-9-7-16(8-10-17)13(3)4;1-4-12-9-10-5-7-11(8-6-10)13(2)3;1-2/h7-11,13H,1-6H3;5-8,12H,4,9H2,1-3H3;1-2H3/b15-11+;;. The molecule has 32 heavy (non-hydrogen) atoms. The van der Waals surface area contributed by atoms with Crippen molar-refractivity contribution in [3.63, 3.8) is 0 Å². The van der Waals surface area contributed by atoms with Gasteiger partial charge in [-0.2, -0.15) is 0 Å². The summed E-state index contributed by atoms with van der Waals surface area (Å²) >= 11 is 0. The highest BCUT2D eigenvalue weighted by Crippen LogP contribution is 2.21. The molecule has 0 aliphatic carbocycles. The first-order valence-corrected chi connectivity index (χ1v) is 12.0. The second kappa shape index (κ2) is 16.3. The first-order chi connectivity index (χ1) is 15.1. The number of benzene rings is 2. The summed E-state index contributed by atoms with van der Waals surface area (Å²) in [4.78, 5) is 2.11. The third-order valence-electron chi connectivity index (χ3n) is 5.29. The van der Waals surface area contributed by atoms with Crippen molar-refractivity contribution in [1.29, 1.82) is 0 Å². The van der Waals surface area contributed by atoms with Crippen molar-refractivity contribution in [2.45, 2.75) is 74.8 Å². The van der Waals surface area contributed by atoms with Gasteiger partial charge in [0.05, 0.1) is 0 Å². The molecule has 0 saturated heterocycles. The molecule has 0 amide bonds. The fourth-order valence-corrected chi connectivity index (χ4v) is 2.86. The highest BCUT2D eigenvalue weighted by Gasteiger charge is 2.00. The van der Waals surface area contributed by atoms with Crippen LogP contribution in [0.15, 0.2) is 65.8 Å². The number of anilines is 1. The van der Waals surface area contributed by atoms with E-state index in [9.17, 15) is 0 Å². The lowest BCUT2D eigenvalue weighted by atomic mass is 9.98. The third-order valence-corrected chi connectivity index (χ3v) is 5.29. The summed E-state index contributed by atoms with van der Waals surface area (Å²) in [6, 6.07) is 17.5. The van der Waals surface area contributed by atoms with Crippen LogP contribution in [0.25, 0.3) is 5.57 Å². The molecule has 0 unspecified atom stereocenters. The van der Waals surface area contributed by atoms with Crippen LogP contribution in [-0.4, -0.2) is 20.6 Å². The topological polar surface area (TPSA) is 15.3 Å². The van der Waals surface area contributed by atoms with Crippen molar-refractivity contribution in [2.24, 2.45) is 0 Å². The van der Waals surface area contributed by atoms with Crippen LogP contribution in [0.3, 0.4) is 0 Å². The number of nitrogens with one attached hydrogen (secondary N) is 1. The number of rotatable bonds is 7. The van der Waals surface area contributed by atoms with E-state index in [1.165, 1.54) is 39.1 Å². The summed E-state index contributed by atoms with van der Waals surface area (Å²) in [6.07, 6.45) is 2.26. The molecule has 0 aliphatic heterocycles. The maximum atomic E-state index is 3.30. The van der Waals surface area contributed by atoms with Crippen LogP contribution in [-0.2, 0) is 6.54 Å².